The highest BCUT2D eigenvalue weighted by Gasteiger charge is 2.23. The van der Waals surface area contributed by atoms with Gasteiger partial charge in [-0.3, -0.25) is 19.6 Å². The van der Waals surface area contributed by atoms with Crippen LogP contribution in [0.25, 0.3) is 11.3 Å². The number of methoxy groups -OCH3 is 1. The van der Waals surface area contributed by atoms with Gasteiger partial charge in [-0.2, -0.15) is 0 Å². The number of hydrogen-bond acceptors (Lipinski definition) is 6. The summed E-state index contributed by atoms with van der Waals surface area (Å²) in [6.45, 7) is 5.77. The van der Waals surface area contributed by atoms with E-state index < -0.39 is 0 Å². The normalized spacial score (nSPS) is 16.8. The van der Waals surface area contributed by atoms with Crippen LogP contribution >= 0.6 is 0 Å². The number of hydrogen-bond donors (Lipinski definition) is 1. The number of rotatable bonds is 10. The van der Waals surface area contributed by atoms with Gasteiger partial charge in [0.1, 0.15) is 17.6 Å². The van der Waals surface area contributed by atoms with Crippen LogP contribution in [-0.2, 0) is 13.1 Å². The van der Waals surface area contributed by atoms with Crippen molar-refractivity contribution in [2.75, 3.05) is 33.3 Å². The van der Waals surface area contributed by atoms with Gasteiger partial charge in [-0.1, -0.05) is 48.5 Å². The van der Waals surface area contributed by atoms with Crippen LogP contribution in [-0.4, -0.2) is 66.1 Å². The Hall–Kier alpha value is -4.20. The van der Waals surface area contributed by atoms with E-state index in [1.807, 2.05) is 60.8 Å². The van der Waals surface area contributed by atoms with Gasteiger partial charge in [0.25, 0.3) is 5.91 Å². The molecule has 0 spiro atoms. The molecule has 1 aromatic heterocycles. The maximum absolute atomic E-state index is 13.1. The SMILES string of the molecule is COc1ccc(CN2CCC(NC(=O)c3cccc(OC4CCN(Cc5ccc(-c6ccccn6)cc5)CC4)c3)CC2)cc1. The summed E-state index contributed by atoms with van der Waals surface area (Å²) < 4.78 is 11.6. The molecule has 7 heteroatoms. The molecule has 3 heterocycles. The number of benzene rings is 3. The smallest absolute Gasteiger partial charge is 0.251 e. The number of aromatic nitrogens is 1. The highest BCUT2D eigenvalue weighted by molar-refractivity contribution is 5.94. The largest absolute Gasteiger partial charge is 0.497 e. The Labute approximate surface area is 260 Å². The average molecular weight is 591 g/mol. The predicted molar refractivity (Wildman–Crippen MR) is 174 cm³/mol. The van der Waals surface area contributed by atoms with E-state index in [4.69, 9.17) is 9.47 Å². The molecule has 2 saturated heterocycles. The number of ether oxygens (including phenoxy) is 2. The lowest BCUT2D eigenvalue weighted by atomic mass is 10.0. The predicted octanol–water partition coefficient (Wildman–Crippen LogP) is 6.20. The van der Waals surface area contributed by atoms with Crippen LogP contribution in [0.3, 0.4) is 0 Å². The molecule has 7 nitrogen and oxygen atoms in total. The van der Waals surface area contributed by atoms with Crippen molar-refractivity contribution in [3.8, 4) is 22.8 Å². The third-order valence-electron chi connectivity index (χ3n) is 8.74. The Kier molecular flexibility index (Phi) is 9.85. The first-order valence-electron chi connectivity index (χ1n) is 15.8. The molecule has 2 aliphatic heterocycles. The van der Waals surface area contributed by atoms with Crippen molar-refractivity contribution in [2.45, 2.75) is 50.9 Å². The highest BCUT2D eigenvalue weighted by atomic mass is 16.5. The summed E-state index contributed by atoms with van der Waals surface area (Å²) in [6, 6.07) is 30.8. The quantitative estimate of drug-likeness (QED) is 0.238. The van der Waals surface area contributed by atoms with Gasteiger partial charge in [0, 0.05) is 62.6 Å². The van der Waals surface area contributed by atoms with Crippen LogP contribution in [0.5, 0.6) is 11.5 Å². The van der Waals surface area contributed by atoms with Crippen molar-refractivity contribution >= 4 is 5.91 Å². The Morgan fingerprint density at radius 3 is 2.07 bits per heavy atom. The van der Waals surface area contributed by atoms with Crippen LogP contribution < -0.4 is 14.8 Å². The molecule has 228 valence electrons. The molecule has 0 bridgehead atoms. The monoisotopic (exact) mass is 590 g/mol. The molecule has 44 heavy (non-hydrogen) atoms. The molecule has 6 rings (SSSR count). The number of carbonyl (C=O) groups excluding carboxylic acids is 1. The van der Waals surface area contributed by atoms with E-state index in [9.17, 15) is 4.79 Å². The summed E-state index contributed by atoms with van der Waals surface area (Å²) in [5, 5.41) is 3.26. The van der Waals surface area contributed by atoms with Gasteiger partial charge in [-0.15, -0.1) is 0 Å². The molecule has 0 unspecified atom stereocenters. The molecule has 1 N–H and O–H groups in total. The second-order valence-corrected chi connectivity index (χ2v) is 11.9. The van der Waals surface area contributed by atoms with Gasteiger partial charge in [0.2, 0.25) is 0 Å². The Morgan fingerprint density at radius 2 is 1.43 bits per heavy atom. The van der Waals surface area contributed by atoms with Crippen molar-refractivity contribution in [1.82, 2.24) is 20.1 Å². The maximum Gasteiger partial charge on any atom is 0.251 e. The number of carbonyl (C=O) groups is 1. The van der Waals surface area contributed by atoms with Crippen LogP contribution in [0.4, 0.5) is 0 Å². The number of likely N-dealkylation sites (tertiary alicyclic amines) is 2. The van der Waals surface area contributed by atoms with Crippen LogP contribution in [0.15, 0.2) is 97.2 Å². The van der Waals surface area contributed by atoms with E-state index in [0.29, 0.717) is 5.56 Å². The lowest BCUT2D eigenvalue weighted by Crippen LogP contribution is -2.44. The van der Waals surface area contributed by atoms with Crippen LogP contribution in [0, 0.1) is 0 Å². The Balaban J connectivity index is 0.927. The zero-order valence-corrected chi connectivity index (χ0v) is 25.5. The van der Waals surface area contributed by atoms with E-state index >= 15 is 0 Å². The minimum Gasteiger partial charge on any atom is -0.497 e. The minimum atomic E-state index is -0.0204. The number of amides is 1. The number of piperidine rings is 2. The topological polar surface area (TPSA) is 66.9 Å². The van der Waals surface area contributed by atoms with E-state index in [1.165, 1.54) is 11.1 Å². The van der Waals surface area contributed by atoms with Crippen molar-refractivity contribution in [3.63, 3.8) is 0 Å². The van der Waals surface area contributed by atoms with E-state index in [-0.39, 0.29) is 18.1 Å². The van der Waals surface area contributed by atoms with Gasteiger partial charge < -0.3 is 14.8 Å². The lowest BCUT2D eigenvalue weighted by molar-refractivity contribution is 0.0901. The van der Waals surface area contributed by atoms with Crippen molar-refractivity contribution in [3.05, 3.63) is 114 Å². The molecule has 2 fully saturated rings. The summed E-state index contributed by atoms with van der Waals surface area (Å²) in [4.78, 5) is 22.5. The van der Waals surface area contributed by atoms with Gasteiger partial charge in [-0.05, 0) is 79.3 Å². The standard InChI is InChI=1S/C37H42N4O3/c1-43-33-14-10-29(11-15-33)27-40-21-16-32(17-22-40)39-37(42)31-5-4-6-35(25-31)44-34-18-23-41(24-19-34)26-28-8-12-30(13-9-28)36-7-2-3-20-38-36/h2-15,20,25,32,34H,16-19,21-24,26-27H2,1H3,(H,39,42). The molecule has 4 aromatic rings. The molecule has 0 saturated carbocycles. The molecule has 0 radical (unpaired) electrons. The Morgan fingerprint density at radius 1 is 0.773 bits per heavy atom. The zero-order valence-electron chi connectivity index (χ0n) is 25.5. The summed E-state index contributed by atoms with van der Waals surface area (Å²) in [5.74, 6) is 1.63. The lowest BCUT2D eigenvalue weighted by Gasteiger charge is -2.32. The molecule has 0 atom stereocenters. The zero-order chi connectivity index (χ0) is 30.1. The van der Waals surface area contributed by atoms with Gasteiger partial charge in [0.05, 0.1) is 12.8 Å². The van der Waals surface area contributed by atoms with E-state index in [1.54, 1.807) is 7.11 Å². The fourth-order valence-corrected chi connectivity index (χ4v) is 6.15. The molecular formula is C37H42N4O3. The van der Waals surface area contributed by atoms with Crippen molar-refractivity contribution in [1.29, 1.82) is 0 Å². The minimum absolute atomic E-state index is 0.0204. The molecule has 1 amide bonds. The maximum atomic E-state index is 13.1. The van der Waals surface area contributed by atoms with Crippen molar-refractivity contribution in [2.24, 2.45) is 0 Å². The summed E-state index contributed by atoms with van der Waals surface area (Å²) in [6.07, 6.45) is 5.83. The number of pyridine rings is 1. The van der Waals surface area contributed by atoms with Crippen LogP contribution in [0.2, 0.25) is 0 Å². The highest BCUT2D eigenvalue weighted by Crippen LogP contribution is 2.23. The first kappa shape index (κ1) is 29.9. The third kappa shape index (κ3) is 8.04. The first-order chi connectivity index (χ1) is 21.6. The van der Waals surface area contributed by atoms with Gasteiger partial charge in [0.15, 0.2) is 0 Å². The van der Waals surface area contributed by atoms with E-state index in [0.717, 1.165) is 87.7 Å². The first-order valence-corrected chi connectivity index (χ1v) is 15.8. The second kappa shape index (κ2) is 14.5. The van der Waals surface area contributed by atoms with Crippen molar-refractivity contribution < 1.29 is 14.3 Å². The summed E-state index contributed by atoms with van der Waals surface area (Å²) >= 11 is 0. The average Bonchev–Trinajstić information content (AvgIpc) is 3.08. The van der Waals surface area contributed by atoms with E-state index in [2.05, 4.69) is 56.5 Å². The third-order valence-corrected chi connectivity index (χ3v) is 8.74. The molecular weight excluding hydrogens is 548 g/mol. The fourth-order valence-electron chi connectivity index (χ4n) is 6.15. The fraction of sp³-hybridized carbons (Fsp3) is 0.351. The summed E-state index contributed by atoms with van der Waals surface area (Å²) in [5.41, 5.74) is 5.40. The molecule has 2 aliphatic rings. The van der Waals surface area contributed by atoms with Crippen LogP contribution in [0.1, 0.15) is 47.2 Å². The molecule has 0 aliphatic carbocycles. The molecule has 3 aromatic carbocycles. The number of nitrogens with one attached hydrogen (secondary N) is 1. The summed E-state index contributed by atoms with van der Waals surface area (Å²) in [7, 11) is 1.69. The second-order valence-electron chi connectivity index (χ2n) is 11.9. The van der Waals surface area contributed by atoms with Gasteiger partial charge in [-0.25, -0.2) is 0 Å². The number of nitrogens with zero attached hydrogens (tertiary/aromatic N) is 3. The Bertz CT molecular complexity index is 1480. The van der Waals surface area contributed by atoms with Gasteiger partial charge >= 0.3 is 0 Å².